The van der Waals surface area contributed by atoms with Crippen LogP contribution in [0.5, 0.6) is 0 Å². The van der Waals surface area contributed by atoms with Crippen molar-refractivity contribution in [2.24, 2.45) is 0 Å². The number of rotatable bonds is 0. The maximum Gasteiger partial charge on any atom is 0.223 e. The van der Waals surface area contributed by atoms with Crippen molar-refractivity contribution < 1.29 is 13.9 Å². The zero-order valence-electron chi connectivity index (χ0n) is 7.50. The fraction of sp³-hybridized carbons (Fsp3) is 0.778. The van der Waals surface area contributed by atoms with Gasteiger partial charge in [-0.2, -0.15) is 0 Å². The average Bonchev–Trinajstić information content (AvgIpc) is 2.28. The summed E-state index contributed by atoms with van der Waals surface area (Å²) in [6.45, 7) is 5.20. The fourth-order valence-electron chi connectivity index (χ4n) is 0.894. The molecule has 0 aromatic carbocycles. The number of ether oxygens (including phenoxy) is 2. The molecule has 1 fully saturated rings. The van der Waals surface area contributed by atoms with Gasteiger partial charge in [0.25, 0.3) is 0 Å². The Kier molecular flexibility index (Phi) is 3.07. The summed E-state index contributed by atoms with van der Waals surface area (Å²) in [5, 5.41) is 0. The third kappa shape index (κ3) is 2.47. The van der Waals surface area contributed by atoms with Gasteiger partial charge in [0.15, 0.2) is 6.17 Å². The van der Waals surface area contributed by atoms with Gasteiger partial charge in [0, 0.05) is 0 Å². The van der Waals surface area contributed by atoms with Crippen molar-refractivity contribution >= 4 is 0 Å². The quantitative estimate of drug-likeness (QED) is 0.515. The summed E-state index contributed by atoms with van der Waals surface area (Å²) in [6.07, 6.45) is -1.59. The van der Waals surface area contributed by atoms with Gasteiger partial charge in [0.1, 0.15) is 0 Å². The first-order valence-corrected chi connectivity index (χ1v) is 4.05. The molecule has 1 heterocycles. The van der Waals surface area contributed by atoms with Gasteiger partial charge >= 0.3 is 0 Å². The highest BCUT2D eigenvalue weighted by Crippen LogP contribution is 2.17. The van der Waals surface area contributed by atoms with E-state index < -0.39 is 12.5 Å². The highest BCUT2D eigenvalue weighted by molar-refractivity contribution is 5.07. The van der Waals surface area contributed by atoms with Crippen LogP contribution in [0.3, 0.4) is 0 Å². The molecule has 1 aliphatic heterocycles. The molecule has 0 radical (unpaired) electrons. The lowest BCUT2D eigenvalue weighted by atomic mass is 10.3. The van der Waals surface area contributed by atoms with E-state index in [1.165, 1.54) is 6.92 Å². The van der Waals surface area contributed by atoms with E-state index in [2.05, 4.69) is 11.8 Å². The summed E-state index contributed by atoms with van der Waals surface area (Å²) in [6, 6.07) is 0. The van der Waals surface area contributed by atoms with Gasteiger partial charge in [-0.3, -0.25) is 0 Å². The summed E-state index contributed by atoms with van der Waals surface area (Å²) in [4.78, 5) is 0. The van der Waals surface area contributed by atoms with Crippen LogP contribution >= 0.6 is 0 Å². The topological polar surface area (TPSA) is 18.5 Å². The molecule has 0 unspecified atom stereocenters. The second kappa shape index (κ2) is 3.88. The molecule has 1 rings (SSSR count). The van der Waals surface area contributed by atoms with E-state index in [0.29, 0.717) is 0 Å². The van der Waals surface area contributed by atoms with Crippen LogP contribution in [0.2, 0.25) is 0 Å². The Hall–Kier alpha value is -0.590. The Morgan fingerprint density at radius 1 is 1.25 bits per heavy atom. The molecule has 0 aliphatic carbocycles. The van der Waals surface area contributed by atoms with Crippen molar-refractivity contribution in [2.75, 3.05) is 0 Å². The van der Waals surface area contributed by atoms with Gasteiger partial charge < -0.3 is 9.47 Å². The first kappa shape index (κ1) is 9.50. The molecular weight excluding hydrogens is 159 g/mol. The molecule has 3 heteroatoms. The van der Waals surface area contributed by atoms with Gasteiger partial charge in [0.05, 0.1) is 12.2 Å². The van der Waals surface area contributed by atoms with E-state index in [9.17, 15) is 4.39 Å². The molecular formula is C9H13FO2. The Morgan fingerprint density at radius 3 is 2.17 bits per heavy atom. The number of alkyl halides is 1. The third-order valence-electron chi connectivity index (χ3n) is 1.74. The first-order chi connectivity index (χ1) is 5.59. The summed E-state index contributed by atoms with van der Waals surface area (Å²) in [7, 11) is 0. The average molecular weight is 172 g/mol. The van der Waals surface area contributed by atoms with E-state index >= 15 is 0 Å². The Morgan fingerprint density at radius 2 is 1.75 bits per heavy atom. The highest BCUT2D eigenvalue weighted by Gasteiger charge is 2.27. The SMILES string of the molecule is C[C@@H](F)C#CC1O[C@H](C)[C@@H](C)O1. The van der Waals surface area contributed by atoms with Crippen molar-refractivity contribution in [3.63, 3.8) is 0 Å². The number of halogens is 1. The molecule has 0 saturated carbocycles. The zero-order valence-corrected chi connectivity index (χ0v) is 7.50. The van der Waals surface area contributed by atoms with E-state index in [-0.39, 0.29) is 12.2 Å². The van der Waals surface area contributed by atoms with Gasteiger partial charge in [-0.25, -0.2) is 4.39 Å². The normalized spacial score (nSPS) is 32.7. The van der Waals surface area contributed by atoms with Crippen molar-refractivity contribution in [1.82, 2.24) is 0 Å². The molecule has 0 N–H and O–H groups in total. The van der Waals surface area contributed by atoms with Crippen LogP contribution in [-0.4, -0.2) is 24.7 Å². The minimum atomic E-state index is -1.12. The maximum absolute atomic E-state index is 12.3. The second-order valence-corrected chi connectivity index (χ2v) is 2.92. The second-order valence-electron chi connectivity index (χ2n) is 2.92. The van der Waals surface area contributed by atoms with Crippen LogP contribution in [0.15, 0.2) is 0 Å². The molecule has 1 saturated heterocycles. The maximum atomic E-state index is 12.3. The predicted molar refractivity (Wildman–Crippen MR) is 43.2 cm³/mol. The third-order valence-corrected chi connectivity index (χ3v) is 1.74. The van der Waals surface area contributed by atoms with Gasteiger partial charge in [-0.1, -0.05) is 5.92 Å². The molecule has 0 aromatic heterocycles. The Balaban J connectivity index is 2.44. The largest absolute Gasteiger partial charge is 0.336 e. The summed E-state index contributed by atoms with van der Waals surface area (Å²) in [5.74, 6) is 4.93. The molecule has 2 nitrogen and oxygen atoms in total. The molecule has 0 aromatic rings. The monoisotopic (exact) mass is 172 g/mol. The first-order valence-electron chi connectivity index (χ1n) is 4.05. The number of hydrogen-bond acceptors (Lipinski definition) is 2. The number of hydrogen-bond donors (Lipinski definition) is 0. The molecule has 0 amide bonds. The Labute approximate surface area is 72.0 Å². The van der Waals surface area contributed by atoms with Crippen LogP contribution in [0.4, 0.5) is 4.39 Å². The van der Waals surface area contributed by atoms with Crippen LogP contribution in [0, 0.1) is 11.8 Å². The highest BCUT2D eigenvalue weighted by atomic mass is 19.1. The lowest BCUT2D eigenvalue weighted by Crippen LogP contribution is -2.13. The van der Waals surface area contributed by atoms with Crippen molar-refractivity contribution in [1.29, 1.82) is 0 Å². The summed E-state index contributed by atoms with van der Waals surface area (Å²) < 4.78 is 22.8. The lowest BCUT2D eigenvalue weighted by Gasteiger charge is -2.01. The fourth-order valence-corrected chi connectivity index (χ4v) is 0.894. The smallest absolute Gasteiger partial charge is 0.223 e. The standard InChI is InChI=1S/C9H13FO2/c1-6(10)4-5-9-11-7(2)8(3)12-9/h6-9H,1-3H3/t6-,7-,8-/m1/s1. The lowest BCUT2D eigenvalue weighted by molar-refractivity contribution is -0.0169. The van der Waals surface area contributed by atoms with E-state index in [4.69, 9.17) is 9.47 Å². The van der Waals surface area contributed by atoms with Crippen LogP contribution in [-0.2, 0) is 9.47 Å². The molecule has 12 heavy (non-hydrogen) atoms. The van der Waals surface area contributed by atoms with E-state index in [1.807, 2.05) is 13.8 Å². The van der Waals surface area contributed by atoms with E-state index in [1.54, 1.807) is 0 Å². The minimum Gasteiger partial charge on any atom is -0.336 e. The van der Waals surface area contributed by atoms with Gasteiger partial charge in [-0.15, -0.1) is 0 Å². The molecule has 1 aliphatic rings. The van der Waals surface area contributed by atoms with Crippen molar-refractivity contribution in [2.45, 2.75) is 45.4 Å². The Bertz CT molecular complexity index is 194. The predicted octanol–water partition coefficient (Wildman–Crippen LogP) is 1.50. The molecule has 3 atom stereocenters. The van der Waals surface area contributed by atoms with Gasteiger partial charge in [0.2, 0.25) is 6.29 Å². The molecule has 68 valence electrons. The van der Waals surface area contributed by atoms with Crippen LogP contribution in [0.25, 0.3) is 0 Å². The van der Waals surface area contributed by atoms with Crippen LogP contribution in [0.1, 0.15) is 20.8 Å². The molecule has 0 spiro atoms. The summed E-state index contributed by atoms with van der Waals surface area (Å²) in [5.41, 5.74) is 0. The van der Waals surface area contributed by atoms with Crippen LogP contribution < -0.4 is 0 Å². The molecule has 0 bridgehead atoms. The van der Waals surface area contributed by atoms with E-state index in [0.717, 1.165) is 0 Å². The zero-order chi connectivity index (χ0) is 9.14. The minimum absolute atomic E-state index is 0.0409. The van der Waals surface area contributed by atoms with Crippen molar-refractivity contribution in [3.05, 3.63) is 0 Å². The van der Waals surface area contributed by atoms with Gasteiger partial charge in [-0.05, 0) is 26.7 Å². The summed E-state index contributed by atoms with van der Waals surface area (Å²) >= 11 is 0. The van der Waals surface area contributed by atoms with Crippen molar-refractivity contribution in [3.8, 4) is 11.8 Å².